The Bertz CT molecular complexity index is 3970. The first-order valence-electron chi connectivity index (χ1n) is 21.1. The van der Waals surface area contributed by atoms with Crippen LogP contribution in [0, 0.1) is 0 Å². The SMILES string of the molecule is c1ccc(-n2c3ccccc3c3cc(-c4ccc5c(c4)c4ccccc4n5-c4ccc(-n5c6ccccc6c6ccc7c(c65)-c5cccc6cccc-7c56)cc4)ccc32)cc1. The highest BCUT2D eigenvalue weighted by molar-refractivity contribution is 6.24. The second-order valence-corrected chi connectivity index (χ2v) is 16.5. The van der Waals surface area contributed by atoms with Crippen molar-refractivity contribution in [1.82, 2.24) is 13.7 Å². The lowest BCUT2D eigenvalue weighted by atomic mass is 10.0. The fourth-order valence-electron chi connectivity index (χ4n) is 10.8. The molecule has 3 aromatic heterocycles. The van der Waals surface area contributed by atoms with Gasteiger partial charge in [0.1, 0.15) is 0 Å². The van der Waals surface area contributed by atoms with Gasteiger partial charge in [-0.2, -0.15) is 0 Å². The Kier molecular flexibility index (Phi) is 6.56. The molecule has 61 heavy (non-hydrogen) atoms. The lowest BCUT2D eigenvalue weighted by Gasteiger charge is -2.14. The first kappa shape index (κ1) is 32.8. The van der Waals surface area contributed by atoms with Crippen molar-refractivity contribution in [3.63, 3.8) is 0 Å². The predicted octanol–water partition coefficient (Wildman–Crippen LogP) is 15.4. The molecule has 1 aliphatic rings. The van der Waals surface area contributed by atoms with Crippen molar-refractivity contribution in [2.24, 2.45) is 0 Å². The molecule has 0 saturated heterocycles. The van der Waals surface area contributed by atoms with Crippen molar-refractivity contribution in [2.45, 2.75) is 0 Å². The van der Waals surface area contributed by atoms with Crippen LogP contribution in [0.15, 0.2) is 212 Å². The van der Waals surface area contributed by atoms with Crippen molar-refractivity contribution in [2.75, 3.05) is 0 Å². The van der Waals surface area contributed by atoms with Gasteiger partial charge in [-0.25, -0.2) is 0 Å². The molecule has 3 heteroatoms. The summed E-state index contributed by atoms with van der Waals surface area (Å²) < 4.78 is 7.30. The van der Waals surface area contributed by atoms with Crippen LogP contribution in [0.1, 0.15) is 0 Å². The number of hydrogen-bond donors (Lipinski definition) is 0. The maximum atomic E-state index is 2.49. The van der Waals surface area contributed by atoms with Crippen molar-refractivity contribution >= 4 is 76.2 Å². The smallest absolute Gasteiger partial charge is 0.0625 e. The van der Waals surface area contributed by atoms with E-state index in [-0.39, 0.29) is 0 Å². The molecule has 1 aliphatic carbocycles. The second-order valence-electron chi connectivity index (χ2n) is 16.5. The Morgan fingerprint density at radius 1 is 0.262 bits per heavy atom. The molecule has 0 amide bonds. The van der Waals surface area contributed by atoms with Crippen molar-refractivity contribution in [3.05, 3.63) is 212 Å². The van der Waals surface area contributed by atoms with Gasteiger partial charge < -0.3 is 13.7 Å². The number of para-hydroxylation sites is 4. The quantitative estimate of drug-likeness (QED) is 0.169. The van der Waals surface area contributed by atoms with E-state index >= 15 is 0 Å². The zero-order valence-electron chi connectivity index (χ0n) is 33.0. The van der Waals surface area contributed by atoms with Crippen LogP contribution in [-0.2, 0) is 0 Å². The summed E-state index contributed by atoms with van der Waals surface area (Å²) in [5.74, 6) is 0. The minimum absolute atomic E-state index is 1.14. The molecule has 0 N–H and O–H groups in total. The number of aromatic nitrogens is 3. The molecule has 282 valence electrons. The van der Waals surface area contributed by atoms with Gasteiger partial charge in [-0.3, -0.25) is 0 Å². The lowest BCUT2D eigenvalue weighted by molar-refractivity contribution is 1.15. The molecular weight excluding hydrogens is 739 g/mol. The largest absolute Gasteiger partial charge is 0.309 e. The average Bonchev–Trinajstić information content (AvgIpc) is 4.05. The number of rotatable bonds is 4. The van der Waals surface area contributed by atoms with Crippen molar-refractivity contribution in [1.29, 1.82) is 0 Å². The molecule has 10 aromatic carbocycles. The summed E-state index contributed by atoms with van der Waals surface area (Å²) in [6, 6.07) is 78.4. The van der Waals surface area contributed by atoms with Crippen LogP contribution in [0.2, 0.25) is 0 Å². The molecular formula is C58H35N3. The Morgan fingerprint density at radius 2 is 0.738 bits per heavy atom. The summed E-state index contributed by atoms with van der Waals surface area (Å²) in [4.78, 5) is 0. The van der Waals surface area contributed by atoms with E-state index in [9.17, 15) is 0 Å². The highest BCUT2D eigenvalue weighted by atomic mass is 15.0. The number of nitrogens with zero attached hydrogens (tertiary/aromatic N) is 3. The van der Waals surface area contributed by atoms with Crippen molar-refractivity contribution in [3.8, 4) is 50.4 Å². The van der Waals surface area contributed by atoms with Crippen LogP contribution < -0.4 is 0 Å². The third-order valence-electron chi connectivity index (χ3n) is 13.4. The minimum Gasteiger partial charge on any atom is -0.309 e. The van der Waals surface area contributed by atoms with Gasteiger partial charge in [0, 0.05) is 54.9 Å². The van der Waals surface area contributed by atoms with E-state index in [1.54, 1.807) is 0 Å². The molecule has 0 saturated carbocycles. The molecule has 0 aliphatic heterocycles. The van der Waals surface area contributed by atoms with Gasteiger partial charge in [-0.15, -0.1) is 0 Å². The molecule has 0 atom stereocenters. The van der Waals surface area contributed by atoms with Crippen LogP contribution in [0.4, 0.5) is 0 Å². The second kappa shape index (κ2) is 12.2. The van der Waals surface area contributed by atoms with E-state index in [1.165, 1.54) is 115 Å². The molecule has 0 fully saturated rings. The maximum absolute atomic E-state index is 2.49. The predicted molar refractivity (Wildman–Crippen MR) is 257 cm³/mol. The summed E-state index contributed by atoms with van der Waals surface area (Å²) in [6.45, 7) is 0. The topological polar surface area (TPSA) is 14.8 Å². The Hall–Kier alpha value is -8.14. The van der Waals surface area contributed by atoms with Crippen LogP contribution in [-0.4, -0.2) is 13.7 Å². The number of hydrogen-bond acceptors (Lipinski definition) is 0. The Morgan fingerprint density at radius 3 is 1.34 bits per heavy atom. The van der Waals surface area contributed by atoms with Gasteiger partial charge in [-0.1, -0.05) is 133 Å². The Balaban J connectivity index is 0.920. The normalized spacial score (nSPS) is 12.3. The van der Waals surface area contributed by atoms with Crippen LogP contribution >= 0.6 is 0 Å². The van der Waals surface area contributed by atoms with E-state index < -0.39 is 0 Å². The molecule has 0 unspecified atom stereocenters. The Labute approximate surface area is 351 Å². The highest BCUT2D eigenvalue weighted by Gasteiger charge is 2.27. The average molecular weight is 774 g/mol. The molecule has 14 rings (SSSR count). The highest BCUT2D eigenvalue weighted by Crippen LogP contribution is 2.52. The number of fused-ring (bicyclic) bond motifs is 13. The van der Waals surface area contributed by atoms with E-state index in [1.807, 2.05) is 0 Å². The van der Waals surface area contributed by atoms with E-state index in [2.05, 4.69) is 226 Å². The standard InChI is InChI=1S/C58H35N3/c1-2-14-39(15-3-1)59-51-21-7-5-17-43(51)49-34-37(24-32-54(49)59)38-25-33-55-50(35-38)44-18-6-8-22-52(44)60(55)40-26-28-41(29-27-40)61-53-23-9-4-16-42(53)47-31-30-46-45-19-10-12-36-13-11-20-48(56(36)45)57(46)58(47)61/h1-35H. The third kappa shape index (κ3) is 4.47. The van der Waals surface area contributed by atoms with E-state index in [0.717, 1.165) is 11.4 Å². The van der Waals surface area contributed by atoms with Gasteiger partial charge in [0.05, 0.1) is 33.1 Å². The molecule has 13 aromatic rings. The fourth-order valence-corrected chi connectivity index (χ4v) is 10.8. The minimum atomic E-state index is 1.14. The first-order chi connectivity index (χ1) is 30.3. The molecule has 3 heterocycles. The van der Waals surface area contributed by atoms with E-state index in [4.69, 9.17) is 0 Å². The van der Waals surface area contributed by atoms with Gasteiger partial charge in [0.25, 0.3) is 0 Å². The third-order valence-corrected chi connectivity index (χ3v) is 13.4. The van der Waals surface area contributed by atoms with Crippen LogP contribution in [0.25, 0.3) is 127 Å². The van der Waals surface area contributed by atoms with E-state index in [0.29, 0.717) is 0 Å². The van der Waals surface area contributed by atoms with Crippen LogP contribution in [0.3, 0.4) is 0 Å². The first-order valence-corrected chi connectivity index (χ1v) is 21.1. The lowest BCUT2D eigenvalue weighted by Crippen LogP contribution is -1.98. The summed E-state index contributed by atoms with van der Waals surface area (Å²) in [5.41, 5.74) is 18.5. The van der Waals surface area contributed by atoms with Gasteiger partial charge >= 0.3 is 0 Å². The molecule has 3 nitrogen and oxygen atoms in total. The molecule has 0 spiro atoms. The summed E-state index contributed by atoms with van der Waals surface area (Å²) >= 11 is 0. The number of benzene rings is 10. The summed E-state index contributed by atoms with van der Waals surface area (Å²) in [5, 5.41) is 10.2. The van der Waals surface area contributed by atoms with Crippen molar-refractivity contribution < 1.29 is 0 Å². The molecule has 0 radical (unpaired) electrons. The summed E-state index contributed by atoms with van der Waals surface area (Å²) in [7, 11) is 0. The van der Waals surface area contributed by atoms with Gasteiger partial charge in [0.2, 0.25) is 0 Å². The molecule has 0 bridgehead atoms. The fraction of sp³-hybridized carbons (Fsp3) is 0. The zero-order chi connectivity index (χ0) is 39.8. The zero-order valence-corrected chi connectivity index (χ0v) is 33.0. The van der Waals surface area contributed by atoms with Gasteiger partial charge in [0.15, 0.2) is 0 Å². The van der Waals surface area contributed by atoms with Crippen LogP contribution in [0.5, 0.6) is 0 Å². The van der Waals surface area contributed by atoms with Gasteiger partial charge in [-0.05, 0) is 117 Å². The monoisotopic (exact) mass is 773 g/mol. The summed E-state index contributed by atoms with van der Waals surface area (Å²) in [6.07, 6.45) is 0. The maximum Gasteiger partial charge on any atom is 0.0625 e.